The number of anilines is 1. The summed E-state index contributed by atoms with van der Waals surface area (Å²) in [7, 11) is 1.59. The maximum Gasteiger partial charge on any atom is 0.257 e. The molecule has 2 aromatic rings. The molecule has 0 radical (unpaired) electrons. The first-order chi connectivity index (χ1) is 12.4. The van der Waals surface area contributed by atoms with Gasteiger partial charge in [-0.3, -0.25) is 10.1 Å². The van der Waals surface area contributed by atoms with E-state index in [1.165, 1.54) is 0 Å². The molecule has 1 atom stereocenters. The van der Waals surface area contributed by atoms with Gasteiger partial charge in [-0.15, -0.1) is 0 Å². The Labute approximate surface area is 167 Å². The van der Waals surface area contributed by atoms with Gasteiger partial charge in [-0.05, 0) is 84.0 Å². The fourth-order valence-electron chi connectivity index (χ4n) is 2.08. The smallest absolute Gasteiger partial charge is 0.257 e. The molecule has 0 bridgehead atoms. The summed E-state index contributed by atoms with van der Waals surface area (Å²) >= 11 is 8.61. The lowest BCUT2D eigenvalue weighted by Gasteiger charge is -2.13. The van der Waals surface area contributed by atoms with Gasteiger partial charge in [-0.25, -0.2) is 0 Å². The van der Waals surface area contributed by atoms with E-state index in [1.54, 1.807) is 37.4 Å². The van der Waals surface area contributed by atoms with Gasteiger partial charge in [-0.1, -0.05) is 6.92 Å². The molecular weight excluding hydrogens is 416 g/mol. The molecule has 0 heterocycles. The fourth-order valence-corrected chi connectivity index (χ4v) is 2.83. The molecule has 0 aromatic heterocycles. The van der Waals surface area contributed by atoms with Crippen molar-refractivity contribution >= 4 is 44.9 Å². The van der Waals surface area contributed by atoms with Crippen LogP contribution in [0.4, 0.5) is 5.69 Å². The number of hydrogen-bond donors (Lipinski definition) is 2. The number of hydrogen-bond acceptors (Lipinski definition) is 4. The molecule has 0 aliphatic carbocycles. The van der Waals surface area contributed by atoms with Crippen LogP contribution in [0.2, 0.25) is 0 Å². The van der Waals surface area contributed by atoms with Crippen molar-refractivity contribution in [3.63, 3.8) is 0 Å². The molecule has 5 nitrogen and oxygen atoms in total. The zero-order valence-corrected chi connectivity index (χ0v) is 17.2. The summed E-state index contributed by atoms with van der Waals surface area (Å²) in [6, 6.07) is 12.4. The van der Waals surface area contributed by atoms with Gasteiger partial charge in [0.1, 0.15) is 11.5 Å². The maximum absolute atomic E-state index is 12.3. The average Bonchev–Trinajstić information content (AvgIpc) is 2.62. The quantitative estimate of drug-likeness (QED) is 0.639. The molecule has 0 aliphatic heterocycles. The van der Waals surface area contributed by atoms with Crippen LogP contribution in [0.1, 0.15) is 30.6 Å². The number of amides is 1. The minimum atomic E-state index is -0.287. The lowest BCUT2D eigenvalue weighted by Crippen LogP contribution is -2.34. The first kappa shape index (κ1) is 20.2. The van der Waals surface area contributed by atoms with E-state index in [0.717, 1.165) is 22.3 Å². The van der Waals surface area contributed by atoms with E-state index in [-0.39, 0.29) is 17.1 Å². The Morgan fingerprint density at radius 2 is 1.92 bits per heavy atom. The number of halogens is 1. The Kier molecular flexibility index (Phi) is 7.41. The Morgan fingerprint density at radius 1 is 1.23 bits per heavy atom. The molecule has 0 fully saturated rings. The van der Waals surface area contributed by atoms with Gasteiger partial charge in [0.05, 0.1) is 17.7 Å². The summed E-state index contributed by atoms with van der Waals surface area (Å²) < 4.78 is 11.7. The van der Waals surface area contributed by atoms with Crippen molar-refractivity contribution < 1.29 is 14.3 Å². The minimum Gasteiger partial charge on any atom is -0.496 e. The molecule has 2 aromatic carbocycles. The number of ether oxygens (including phenoxy) is 2. The summed E-state index contributed by atoms with van der Waals surface area (Å²) in [5.74, 6) is 1.16. The average molecular weight is 437 g/mol. The van der Waals surface area contributed by atoms with Crippen molar-refractivity contribution in [2.75, 3.05) is 12.4 Å². The van der Waals surface area contributed by atoms with Crippen molar-refractivity contribution in [1.29, 1.82) is 0 Å². The van der Waals surface area contributed by atoms with Crippen LogP contribution in [0.15, 0.2) is 46.9 Å². The van der Waals surface area contributed by atoms with E-state index in [1.807, 2.05) is 19.1 Å². The molecule has 0 saturated heterocycles. The Bertz CT molecular complexity index is 781. The van der Waals surface area contributed by atoms with Crippen molar-refractivity contribution in [3.05, 3.63) is 52.5 Å². The number of nitrogens with one attached hydrogen (secondary N) is 2. The highest BCUT2D eigenvalue weighted by Gasteiger charge is 2.10. The van der Waals surface area contributed by atoms with Crippen molar-refractivity contribution in [1.82, 2.24) is 5.32 Å². The van der Waals surface area contributed by atoms with Gasteiger partial charge in [0, 0.05) is 11.3 Å². The van der Waals surface area contributed by atoms with Crippen molar-refractivity contribution in [2.24, 2.45) is 0 Å². The number of carbonyl (C=O) groups is 1. The number of methoxy groups -OCH3 is 1. The topological polar surface area (TPSA) is 59.6 Å². The SMILES string of the molecule is CC[C@H](C)Oc1ccc(C(=O)NC(=S)Nc2ccc(OC)c(Br)c2)cc1. The maximum atomic E-state index is 12.3. The highest BCUT2D eigenvalue weighted by Crippen LogP contribution is 2.27. The van der Waals surface area contributed by atoms with E-state index in [0.29, 0.717) is 11.3 Å². The molecule has 0 spiro atoms. The molecular formula is C19H21BrN2O3S. The first-order valence-corrected chi connectivity index (χ1v) is 9.35. The van der Waals surface area contributed by atoms with E-state index in [4.69, 9.17) is 21.7 Å². The number of thiocarbonyl (C=S) groups is 1. The number of benzene rings is 2. The normalized spacial score (nSPS) is 11.4. The van der Waals surface area contributed by atoms with Crippen LogP contribution >= 0.6 is 28.1 Å². The minimum absolute atomic E-state index is 0.135. The van der Waals surface area contributed by atoms with Crippen LogP contribution in [0, 0.1) is 0 Å². The molecule has 2 rings (SSSR count). The van der Waals surface area contributed by atoms with Gasteiger partial charge in [0.2, 0.25) is 0 Å². The molecule has 2 N–H and O–H groups in total. The van der Waals surface area contributed by atoms with Crippen molar-refractivity contribution in [2.45, 2.75) is 26.4 Å². The zero-order valence-electron chi connectivity index (χ0n) is 14.8. The van der Waals surface area contributed by atoms with Crippen LogP contribution in [0.5, 0.6) is 11.5 Å². The largest absolute Gasteiger partial charge is 0.496 e. The standard InChI is InChI=1S/C19H21BrN2O3S/c1-4-12(2)25-15-8-5-13(6-9-15)18(23)22-19(26)21-14-7-10-17(24-3)16(20)11-14/h5-12H,4H2,1-3H3,(H2,21,22,23,26)/t12-/m0/s1. The molecule has 26 heavy (non-hydrogen) atoms. The molecule has 138 valence electrons. The Balaban J connectivity index is 1.94. The number of rotatable bonds is 6. The Hall–Kier alpha value is -2.12. The lowest BCUT2D eigenvalue weighted by atomic mass is 10.2. The summed E-state index contributed by atoms with van der Waals surface area (Å²) in [6.07, 6.45) is 1.05. The van der Waals surface area contributed by atoms with Crippen LogP contribution < -0.4 is 20.1 Å². The molecule has 1 amide bonds. The van der Waals surface area contributed by atoms with Gasteiger partial charge in [0.15, 0.2) is 5.11 Å². The third kappa shape index (κ3) is 5.71. The highest BCUT2D eigenvalue weighted by molar-refractivity contribution is 9.10. The first-order valence-electron chi connectivity index (χ1n) is 8.15. The van der Waals surface area contributed by atoms with Crippen LogP contribution in [-0.2, 0) is 0 Å². The summed E-state index contributed by atoms with van der Waals surface area (Å²) in [5, 5.41) is 5.84. The third-order valence-corrected chi connectivity index (χ3v) is 4.49. The van der Waals surface area contributed by atoms with E-state index >= 15 is 0 Å². The predicted octanol–water partition coefficient (Wildman–Crippen LogP) is 4.76. The van der Waals surface area contributed by atoms with Gasteiger partial charge in [-0.2, -0.15) is 0 Å². The van der Waals surface area contributed by atoms with E-state index < -0.39 is 0 Å². The van der Waals surface area contributed by atoms with E-state index in [2.05, 4.69) is 33.5 Å². The molecule has 0 unspecified atom stereocenters. The second-order valence-electron chi connectivity index (χ2n) is 5.62. The van der Waals surface area contributed by atoms with Gasteiger partial charge < -0.3 is 14.8 Å². The summed E-state index contributed by atoms with van der Waals surface area (Å²) in [6.45, 7) is 4.06. The summed E-state index contributed by atoms with van der Waals surface area (Å²) in [5.41, 5.74) is 1.24. The Morgan fingerprint density at radius 3 is 2.50 bits per heavy atom. The van der Waals surface area contributed by atoms with Gasteiger partial charge >= 0.3 is 0 Å². The highest BCUT2D eigenvalue weighted by atomic mass is 79.9. The second kappa shape index (κ2) is 9.54. The predicted molar refractivity (Wildman–Crippen MR) is 111 cm³/mol. The molecule has 0 saturated carbocycles. The molecule has 0 aliphatic rings. The molecule has 7 heteroatoms. The lowest BCUT2D eigenvalue weighted by molar-refractivity contribution is 0.0977. The monoisotopic (exact) mass is 436 g/mol. The van der Waals surface area contributed by atoms with E-state index in [9.17, 15) is 4.79 Å². The fraction of sp³-hybridized carbons (Fsp3) is 0.263. The summed E-state index contributed by atoms with van der Waals surface area (Å²) in [4.78, 5) is 12.3. The third-order valence-electron chi connectivity index (χ3n) is 3.67. The van der Waals surface area contributed by atoms with Crippen LogP contribution in [0.25, 0.3) is 0 Å². The van der Waals surface area contributed by atoms with Gasteiger partial charge in [0.25, 0.3) is 5.91 Å². The second-order valence-corrected chi connectivity index (χ2v) is 6.88. The van der Waals surface area contributed by atoms with Crippen LogP contribution in [0.3, 0.4) is 0 Å². The zero-order chi connectivity index (χ0) is 19.1. The number of carbonyl (C=O) groups excluding carboxylic acids is 1. The van der Waals surface area contributed by atoms with Crippen LogP contribution in [-0.4, -0.2) is 24.2 Å². The van der Waals surface area contributed by atoms with Crippen molar-refractivity contribution in [3.8, 4) is 11.5 Å².